The van der Waals surface area contributed by atoms with E-state index in [4.69, 9.17) is 23.2 Å². The molecule has 1 aliphatic heterocycles. The third-order valence-corrected chi connectivity index (χ3v) is 7.19. The lowest BCUT2D eigenvalue weighted by Crippen LogP contribution is -2.46. The first-order valence-corrected chi connectivity index (χ1v) is 11.0. The van der Waals surface area contributed by atoms with E-state index in [1.54, 1.807) is 30.3 Å². The number of hydrogen-bond acceptors (Lipinski definition) is 4. The second-order valence-corrected chi connectivity index (χ2v) is 9.37. The summed E-state index contributed by atoms with van der Waals surface area (Å²) in [7, 11) is -3.34. The van der Waals surface area contributed by atoms with Gasteiger partial charge in [0.05, 0.1) is 32.3 Å². The van der Waals surface area contributed by atoms with Crippen LogP contribution in [0.15, 0.2) is 47.4 Å². The minimum Gasteiger partial charge on any atom is -0.347 e. The lowest BCUT2D eigenvalue weighted by molar-refractivity contribution is -0.123. The summed E-state index contributed by atoms with van der Waals surface area (Å²) in [6.07, 6.45) is 0.270. The van der Waals surface area contributed by atoms with Crippen molar-refractivity contribution in [2.75, 3.05) is 5.75 Å². The molecule has 1 heterocycles. The molecule has 2 aromatic carbocycles. The SMILES string of the molecule is CC(NC(=O)c1cccc(Cl)c1Cl)C(=O)NC1CCS(=O)(=O)c2ccccc21. The van der Waals surface area contributed by atoms with E-state index in [0.717, 1.165) is 0 Å². The highest BCUT2D eigenvalue weighted by atomic mass is 35.5. The number of nitrogens with one attached hydrogen (secondary N) is 2. The maximum absolute atomic E-state index is 12.6. The van der Waals surface area contributed by atoms with Crippen molar-refractivity contribution < 1.29 is 18.0 Å². The van der Waals surface area contributed by atoms with Crippen LogP contribution in [0.1, 0.15) is 35.3 Å². The molecule has 0 saturated heterocycles. The molecule has 0 fully saturated rings. The first-order valence-electron chi connectivity index (χ1n) is 8.57. The standard InChI is InChI=1S/C19H18Cl2N2O4S/c1-11(22-19(25)13-6-4-7-14(20)17(13)21)18(24)23-15-9-10-28(26,27)16-8-3-2-5-12(15)16/h2-8,11,15H,9-10H2,1H3,(H,22,25)(H,23,24). The van der Waals surface area contributed by atoms with Crippen molar-refractivity contribution in [3.05, 3.63) is 63.6 Å². The van der Waals surface area contributed by atoms with E-state index in [2.05, 4.69) is 10.6 Å². The van der Waals surface area contributed by atoms with Crippen molar-refractivity contribution in [1.82, 2.24) is 10.6 Å². The summed E-state index contributed by atoms with van der Waals surface area (Å²) >= 11 is 12.0. The van der Waals surface area contributed by atoms with Crippen LogP contribution < -0.4 is 10.6 Å². The molecule has 0 spiro atoms. The normalized spacial score (nSPS) is 18.6. The van der Waals surface area contributed by atoms with Gasteiger partial charge in [-0.25, -0.2) is 8.42 Å². The molecule has 0 saturated carbocycles. The van der Waals surface area contributed by atoms with Crippen molar-refractivity contribution in [2.24, 2.45) is 0 Å². The Balaban J connectivity index is 1.71. The molecule has 148 valence electrons. The topological polar surface area (TPSA) is 92.3 Å². The monoisotopic (exact) mass is 440 g/mol. The number of benzene rings is 2. The molecule has 2 unspecified atom stereocenters. The Morgan fingerprint density at radius 3 is 2.57 bits per heavy atom. The lowest BCUT2D eigenvalue weighted by atomic mass is 10.0. The molecule has 9 heteroatoms. The highest BCUT2D eigenvalue weighted by molar-refractivity contribution is 7.91. The van der Waals surface area contributed by atoms with Crippen LogP contribution >= 0.6 is 23.2 Å². The van der Waals surface area contributed by atoms with Crippen molar-refractivity contribution in [1.29, 1.82) is 0 Å². The van der Waals surface area contributed by atoms with Crippen molar-refractivity contribution in [2.45, 2.75) is 30.3 Å². The fraction of sp³-hybridized carbons (Fsp3) is 0.263. The van der Waals surface area contributed by atoms with Gasteiger partial charge in [-0.3, -0.25) is 9.59 Å². The van der Waals surface area contributed by atoms with Crippen LogP contribution in [0.25, 0.3) is 0 Å². The minimum absolute atomic E-state index is 0.0478. The zero-order chi connectivity index (χ0) is 20.5. The number of carbonyl (C=O) groups is 2. The predicted octanol–water partition coefficient (Wildman–Crippen LogP) is 3.15. The number of amides is 2. The summed E-state index contributed by atoms with van der Waals surface area (Å²) in [5.41, 5.74) is 0.724. The van der Waals surface area contributed by atoms with Gasteiger partial charge in [0.15, 0.2) is 9.84 Å². The number of halogens is 2. The molecule has 28 heavy (non-hydrogen) atoms. The largest absolute Gasteiger partial charge is 0.347 e. The molecule has 1 aliphatic rings. The predicted molar refractivity (Wildman–Crippen MR) is 107 cm³/mol. The average molecular weight is 441 g/mol. The van der Waals surface area contributed by atoms with Crippen molar-refractivity contribution in [3.63, 3.8) is 0 Å². The Bertz CT molecular complexity index is 1040. The second-order valence-electron chi connectivity index (χ2n) is 6.50. The molecular formula is C19H18Cl2N2O4S. The van der Waals surface area contributed by atoms with Crippen LogP contribution in [0, 0.1) is 0 Å². The number of sulfone groups is 1. The zero-order valence-electron chi connectivity index (χ0n) is 14.9. The molecule has 0 bridgehead atoms. The van der Waals surface area contributed by atoms with Gasteiger partial charge < -0.3 is 10.6 Å². The van der Waals surface area contributed by atoms with E-state index in [1.165, 1.54) is 19.1 Å². The van der Waals surface area contributed by atoms with Gasteiger partial charge in [-0.2, -0.15) is 0 Å². The summed E-state index contributed by atoms with van der Waals surface area (Å²) in [6.45, 7) is 1.54. The van der Waals surface area contributed by atoms with Crippen LogP contribution in [0.3, 0.4) is 0 Å². The highest BCUT2D eigenvalue weighted by Crippen LogP contribution is 2.32. The third-order valence-electron chi connectivity index (χ3n) is 4.56. The van der Waals surface area contributed by atoms with Gasteiger partial charge in [-0.1, -0.05) is 47.5 Å². The zero-order valence-corrected chi connectivity index (χ0v) is 17.2. The number of fused-ring (bicyclic) bond motifs is 1. The molecule has 3 rings (SSSR count). The fourth-order valence-electron chi connectivity index (χ4n) is 3.06. The molecular weight excluding hydrogens is 423 g/mol. The Hall–Kier alpha value is -2.09. The van der Waals surface area contributed by atoms with E-state index in [9.17, 15) is 18.0 Å². The Labute approximate surface area is 173 Å². The van der Waals surface area contributed by atoms with Crippen LogP contribution in [-0.2, 0) is 14.6 Å². The van der Waals surface area contributed by atoms with Gasteiger partial charge in [0.1, 0.15) is 6.04 Å². The van der Waals surface area contributed by atoms with E-state index in [-0.39, 0.29) is 32.7 Å². The summed E-state index contributed by atoms with van der Waals surface area (Å²) in [6, 6.07) is 9.97. The molecule has 2 aromatic rings. The minimum atomic E-state index is -3.34. The summed E-state index contributed by atoms with van der Waals surface area (Å²) in [5.74, 6) is -0.999. The smallest absolute Gasteiger partial charge is 0.253 e. The number of rotatable bonds is 4. The van der Waals surface area contributed by atoms with Crippen LogP contribution in [0.2, 0.25) is 10.0 Å². The van der Waals surface area contributed by atoms with E-state index in [0.29, 0.717) is 5.56 Å². The first kappa shape index (κ1) is 20.6. The molecule has 2 amide bonds. The average Bonchev–Trinajstić information content (AvgIpc) is 2.66. The Morgan fingerprint density at radius 1 is 1.11 bits per heavy atom. The molecule has 0 aromatic heterocycles. The van der Waals surface area contributed by atoms with Gasteiger partial charge in [-0.05, 0) is 37.1 Å². The van der Waals surface area contributed by atoms with E-state index >= 15 is 0 Å². The number of hydrogen-bond donors (Lipinski definition) is 2. The third kappa shape index (κ3) is 4.16. The molecule has 2 atom stereocenters. The van der Waals surface area contributed by atoms with E-state index < -0.39 is 33.7 Å². The van der Waals surface area contributed by atoms with Gasteiger partial charge in [0.2, 0.25) is 5.91 Å². The molecule has 2 N–H and O–H groups in total. The number of carbonyl (C=O) groups excluding carboxylic acids is 2. The quantitative estimate of drug-likeness (QED) is 0.763. The summed E-state index contributed by atoms with van der Waals surface area (Å²) in [4.78, 5) is 25.2. The Kier molecular flexibility index (Phi) is 5.98. The van der Waals surface area contributed by atoms with Gasteiger partial charge in [-0.15, -0.1) is 0 Å². The van der Waals surface area contributed by atoms with Gasteiger partial charge >= 0.3 is 0 Å². The van der Waals surface area contributed by atoms with Crippen LogP contribution in [0.5, 0.6) is 0 Å². The maximum Gasteiger partial charge on any atom is 0.253 e. The Morgan fingerprint density at radius 2 is 1.82 bits per heavy atom. The lowest BCUT2D eigenvalue weighted by Gasteiger charge is -2.27. The molecule has 0 aliphatic carbocycles. The van der Waals surface area contributed by atoms with E-state index in [1.807, 2.05) is 0 Å². The summed E-state index contributed by atoms with van der Waals surface area (Å²) < 4.78 is 24.4. The van der Waals surface area contributed by atoms with Gasteiger partial charge in [0.25, 0.3) is 5.91 Å². The second kappa shape index (κ2) is 8.11. The molecule has 6 nitrogen and oxygen atoms in total. The van der Waals surface area contributed by atoms with Crippen LogP contribution in [0.4, 0.5) is 0 Å². The maximum atomic E-state index is 12.6. The highest BCUT2D eigenvalue weighted by Gasteiger charge is 2.31. The van der Waals surface area contributed by atoms with Crippen LogP contribution in [-0.4, -0.2) is 32.0 Å². The van der Waals surface area contributed by atoms with Gasteiger partial charge in [0, 0.05) is 0 Å². The summed E-state index contributed by atoms with van der Waals surface area (Å²) in [5, 5.41) is 5.75. The van der Waals surface area contributed by atoms with Crippen molar-refractivity contribution in [3.8, 4) is 0 Å². The molecule has 0 radical (unpaired) electrons. The first-order chi connectivity index (χ1) is 13.2. The van der Waals surface area contributed by atoms with Crippen molar-refractivity contribution >= 4 is 44.9 Å². The fourth-order valence-corrected chi connectivity index (χ4v) is 5.06.